The predicted molar refractivity (Wildman–Crippen MR) is 64.1 cm³/mol. The van der Waals surface area contributed by atoms with Gasteiger partial charge in [0, 0.05) is 20.3 Å². The van der Waals surface area contributed by atoms with Gasteiger partial charge in [0.2, 0.25) is 0 Å². The largest absolute Gasteiger partial charge is 0.385 e. The molecule has 1 aromatic rings. The number of nitrogens with one attached hydrogen (secondary N) is 1. The molecule has 0 aliphatic heterocycles. The van der Waals surface area contributed by atoms with Crippen LogP contribution in [0.3, 0.4) is 0 Å². The minimum atomic E-state index is 0.833. The zero-order chi connectivity index (χ0) is 11.1. The van der Waals surface area contributed by atoms with Crippen LogP contribution < -0.4 is 5.32 Å². The van der Waals surface area contributed by atoms with Crippen LogP contribution in [0.2, 0.25) is 0 Å². The van der Waals surface area contributed by atoms with Gasteiger partial charge in [-0.25, -0.2) is 0 Å². The van der Waals surface area contributed by atoms with Crippen molar-refractivity contribution in [2.24, 2.45) is 0 Å². The topological polar surface area (TPSA) is 21.3 Å². The van der Waals surface area contributed by atoms with Crippen molar-refractivity contribution in [2.75, 3.05) is 20.3 Å². The van der Waals surface area contributed by atoms with Crippen LogP contribution in [0, 0.1) is 13.8 Å². The summed E-state index contributed by atoms with van der Waals surface area (Å²) in [6.45, 7) is 7.09. The van der Waals surface area contributed by atoms with E-state index in [2.05, 4.69) is 37.4 Å². The Morgan fingerprint density at radius 2 is 2.07 bits per heavy atom. The van der Waals surface area contributed by atoms with Crippen LogP contribution in [0.1, 0.15) is 23.1 Å². The lowest BCUT2D eigenvalue weighted by Gasteiger charge is -2.08. The van der Waals surface area contributed by atoms with Crippen molar-refractivity contribution >= 4 is 0 Å². The van der Waals surface area contributed by atoms with Crippen LogP contribution in [-0.4, -0.2) is 20.3 Å². The standard InChI is InChI=1S/C13H21NO/c1-11-5-6-12(2)13(9-11)10-14-7-4-8-15-3/h5-6,9,14H,4,7-8,10H2,1-3H3. The summed E-state index contributed by atoms with van der Waals surface area (Å²) in [6, 6.07) is 6.59. The fourth-order valence-electron chi connectivity index (χ4n) is 1.56. The van der Waals surface area contributed by atoms with Gasteiger partial charge >= 0.3 is 0 Å². The zero-order valence-electron chi connectivity index (χ0n) is 9.97. The maximum absolute atomic E-state index is 5.00. The Kier molecular flexibility index (Phi) is 5.37. The molecule has 84 valence electrons. The summed E-state index contributed by atoms with van der Waals surface area (Å²) in [7, 11) is 1.74. The average Bonchev–Trinajstić information content (AvgIpc) is 2.23. The van der Waals surface area contributed by atoms with Gasteiger partial charge in [0.25, 0.3) is 0 Å². The summed E-state index contributed by atoms with van der Waals surface area (Å²) in [5.41, 5.74) is 4.08. The minimum Gasteiger partial charge on any atom is -0.385 e. The quantitative estimate of drug-likeness (QED) is 0.723. The second kappa shape index (κ2) is 6.59. The predicted octanol–water partition coefficient (Wildman–Crippen LogP) is 2.43. The van der Waals surface area contributed by atoms with E-state index in [4.69, 9.17) is 4.74 Å². The third kappa shape index (κ3) is 4.45. The molecule has 0 radical (unpaired) electrons. The summed E-state index contributed by atoms with van der Waals surface area (Å²) in [4.78, 5) is 0. The summed E-state index contributed by atoms with van der Waals surface area (Å²) in [5, 5.41) is 3.42. The van der Waals surface area contributed by atoms with E-state index < -0.39 is 0 Å². The number of benzene rings is 1. The average molecular weight is 207 g/mol. The van der Waals surface area contributed by atoms with E-state index in [1.165, 1.54) is 16.7 Å². The fraction of sp³-hybridized carbons (Fsp3) is 0.538. The second-order valence-electron chi connectivity index (χ2n) is 3.95. The van der Waals surface area contributed by atoms with Crippen LogP contribution in [0.15, 0.2) is 18.2 Å². The van der Waals surface area contributed by atoms with Gasteiger partial charge in [-0.05, 0) is 37.9 Å². The molecular weight excluding hydrogens is 186 g/mol. The smallest absolute Gasteiger partial charge is 0.0474 e. The number of hydrogen-bond donors (Lipinski definition) is 1. The molecule has 1 N–H and O–H groups in total. The molecule has 1 rings (SSSR count). The number of ether oxygens (including phenoxy) is 1. The first-order valence-corrected chi connectivity index (χ1v) is 5.50. The third-order valence-corrected chi connectivity index (χ3v) is 2.52. The molecule has 0 spiro atoms. The Hall–Kier alpha value is -0.860. The van der Waals surface area contributed by atoms with Crippen molar-refractivity contribution in [1.82, 2.24) is 5.32 Å². The highest BCUT2D eigenvalue weighted by Gasteiger charge is 1.97. The number of rotatable bonds is 6. The number of methoxy groups -OCH3 is 1. The van der Waals surface area contributed by atoms with E-state index in [0.29, 0.717) is 0 Å². The highest BCUT2D eigenvalue weighted by molar-refractivity contribution is 5.30. The zero-order valence-corrected chi connectivity index (χ0v) is 9.97. The molecule has 15 heavy (non-hydrogen) atoms. The van der Waals surface area contributed by atoms with E-state index in [-0.39, 0.29) is 0 Å². The SMILES string of the molecule is COCCCNCc1cc(C)ccc1C. The molecule has 0 heterocycles. The Labute approximate surface area is 92.6 Å². The molecule has 0 saturated carbocycles. The highest BCUT2D eigenvalue weighted by Crippen LogP contribution is 2.09. The van der Waals surface area contributed by atoms with Crippen LogP contribution in [0.4, 0.5) is 0 Å². The van der Waals surface area contributed by atoms with Gasteiger partial charge in [-0.3, -0.25) is 0 Å². The lowest BCUT2D eigenvalue weighted by molar-refractivity contribution is 0.194. The summed E-state index contributed by atoms with van der Waals surface area (Å²) in [6.07, 6.45) is 1.07. The highest BCUT2D eigenvalue weighted by atomic mass is 16.5. The molecule has 0 unspecified atom stereocenters. The molecule has 0 fully saturated rings. The molecule has 2 nitrogen and oxygen atoms in total. The van der Waals surface area contributed by atoms with Gasteiger partial charge in [-0.2, -0.15) is 0 Å². The van der Waals surface area contributed by atoms with Crippen molar-refractivity contribution in [3.05, 3.63) is 34.9 Å². The van der Waals surface area contributed by atoms with Gasteiger partial charge < -0.3 is 10.1 Å². The second-order valence-corrected chi connectivity index (χ2v) is 3.95. The third-order valence-electron chi connectivity index (χ3n) is 2.52. The maximum Gasteiger partial charge on any atom is 0.0474 e. The molecule has 0 saturated heterocycles. The lowest BCUT2D eigenvalue weighted by atomic mass is 10.1. The lowest BCUT2D eigenvalue weighted by Crippen LogP contribution is -2.16. The Bertz CT molecular complexity index is 297. The van der Waals surface area contributed by atoms with Gasteiger partial charge in [-0.1, -0.05) is 23.8 Å². The van der Waals surface area contributed by atoms with Crippen molar-refractivity contribution in [1.29, 1.82) is 0 Å². The molecule has 0 aliphatic rings. The summed E-state index contributed by atoms with van der Waals surface area (Å²) >= 11 is 0. The van der Waals surface area contributed by atoms with Crippen molar-refractivity contribution in [3.8, 4) is 0 Å². The van der Waals surface area contributed by atoms with E-state index in [1.54, 1.807) is 7.11 Å². The van der Waals surface area contributed by atoms with Gasteiger partial charge in [-0.15, -0.1) is 0 Å². The van der Waals surface area contributed by atoms with Crippen molar-refractivity contribution in [3.63, 3.8) is 0 Å². The van der Waals surface area contributed by atoms with Crippen molar-refractivity contribution in [2.45, 2.75) is 26.8 Å². The van der Waals surface area contributed by atoms with Crippen LogP contribution in [0.5, 0.6) is 0 Å². The van der Waals surface area contributed by atoms with Crippen LogP contribution in [-0.2, 0) is 11.3 Å². The first-order chi connectivity index (χ1) is 7.24. The Balaban J connectivity index is 2.33. The number of hydrogen-bond acceptors (Lipinski definition) is 2. The number of aryl methyl sites for hydroxylation is 2. The van der Waals surface area contributed by atoms with E-state index >= 15 is 0 Å². The molecular formula is C13H21NO. The molecule has 0 amide bonds. The first-order valence-electron chi connectivity index (χ1n) is 5.50. The molecule has 0 aliphatic carbocycles. The van der Waals surface area contributed by atoms with Gasteiger partial charge in [0.15, 0.2) is 0 Å². The fourth-order valence-corrected chi connectivity index (χ4v) is 1.56. The molecule has 0 aromatic heterocycles. The first kappa shape index (κ1) is 12.2. The Morgan fingerprint density at radius 3 is 2.80 bits per heavy atom. The van der Waals surface area contributed by atoms with E-state index in [9.17, 15) is 0 Å². The molecule has 2 heteroatoms. The normalized spacial score (nSPS) is 10.6. The van der Waals surface area contributed by atoms with Gasteiger partial charge in [0.1, 0.15) is 0 Å². The van der Waals surface area contributed by atoms with Crippen LogP contribution in [0.25, 0.3) is 0 Å². The molecule has 1 aromatic carbocycles. The molecule has 0 bridgehead atoms. The van der Waals surface area contributed by atoms with E-state index in [1.807, 2.05) is 0 Å². The summed E-state index contributed by atoms with van der Waals surface area (Å²) in [5.74, 6) is 0. The maximum atomic E-state index is 5.00. The van der Waals surface area contributed by atoms with Crippen LogP contribution >= 0.6 is 0 Å². The molecule has 0 atom stereocenters. The minimum absolute atomic E-state index is 0.833. The van der Waals surface area contributed by atoms with E-state index in [0.717, 1.165) is 26.1 Å². The van der Waals surface area contributed by atoms with Crippen molar-refractivity contribution < 1.29 is 4.74 Å². The van der Waals surface area contributed by atoms with Gasteiger partial charge in [0.05, 0.1) is 0 Å². The monoisotopic (exact) mass is 207 g/mol. The Morgan fingerprint density at radius 1 is 1.27 bits per heavy atom. The summed E-state index contributed by atoms with van der Waals surface area (Å²) < 4.78 is 5.00.